The second kappa shape index (κ2) is 9.47. The molecule has 0 fully saturated rings. The summed E-state index contributed by atoms with van der Waals surface area (Å²) >= 11 is 1.46. The average molecular weight is 421 g/mol. The summed E-state index contributed by atoms with van der Waals surface area (Å²) in [6.45, 7) is 5.05. The molecule has 5 nitrogen and oxygen atoms in total. The Bertz CT molecular complexity index is 1030. The smallest absolute Gasteiger partial charge is 0.230 e. The molecule has 6 heteroatoms. The number of carbonyl (C=O) groups excluding carboxylic acids is 1. The highest BCUT2D eigenvalue weighted by molar-refractivity contribution is 7.99. The summed E-state index contributed by atoms with van der Waals surface area (Å²) in [5, 5.41) is 12.8. The lowest BCUT2D eigenvalue weighted by Gasteiger charge is -2.26. The molecule has 4 rings (SSSR count). The lowest BCUT2D eigenvalue weighted by Crippen LogP contribution is -2.32. The molecule has 0 saturated heterocycles. The van der Waals surface area contributed by atoms with Gasteiger partial charge in [-0.2, -0.15) is 0 Å². The van der Waals surface area contributed by atoms with Crippen molar-refractivity contribution in [1.82, 2.24) is 20.1 Å². The Morgan fingerprint density at radius 3 is 2.90 bits per heavy atom. The fourth-order valence-corrected chi connectivity index (χ4v) is 4.86. The number of hydrogen-bond acceptors (Lipinski definition) is 4. The highest BCUT2D eigenvalue weighted by atomic mass is 32.2. The molecule has 1 aliphatic rings. The Balaban J connectivity index is 1.44. The third-order valence-electron chi connectivity index (χ3n) is 5.48. The van der Waals surface area contributed by atoms with Gasteiger partial charge in [0.1, 0.15) is 0 Å². The van der Waals surface area contributed by atoms with Crippen LogP contribution in [0.5, 0.6) is 0 Å². The molecule has 1 amide bonds. The minimum absolute atomic E-state index is 0.0462. The van der Waals surface area contributed by atoms with Crippen LogP contribution in [0.2, 0.25) is 0 Å². The molecule has 0 aliphatic heterocycles. The molecule has 1 atom stereocenters. The topological polar surface area (TPSA) is 59.8 Å². The molecule has 0 bridgehead atoms. The second-order valence-electron chi connectivity index (χ2n) is 7.83. The van der Waals surface area contributed by atoms with Gasteiger partial charge in [-0.25, -0.2) is 0 Å². The van der Waals surface area contributed by atoms with E-state index in [-0.39, 0.29) is 11.9 Å². The fourth-order valence-electron chi connectivity index (χ4n) is 4.09. The van der Waals surface area contributed by atoms with Gasteiger partial charge < -0.3 is 9.88 Å². The summed E-state index contributed by atoms with van der Waals surface area (Å²) in [6, 6.07) is 16.8. The van der Waals surface area contributed by atoms with Gasteiger partial charge in [-0.15, -0.1) is 10.2 Å². The number of thioether (sulfide) groups is 1. The maximum atomic E-state index is 12.7. The van der Waals surface area contributed by atoms with Crippen LogP contribution in [-0.2, 0) is 17.8 Å². The van der Waals surface area contributed by atoms with Gasteiger partial charge in [0.05, 0.1) is 11.8 Å². The van der Waals surface area contributed by atoms with E-state index in [0.717, 1.165) is 48.8 Å². The van der Waals surface area contributed by atoms with Crippen LogP contribution in [0.3, 0.4) is 0 Å². The van der Waals surface area contributed by atoms with Crippen molar-refractivity contribution >= 4 is 17.7 Å². The van der Waals surface area contributed by atoms with Crippen LogP contribution in [0.4, 0.5) is 0 Å². The number of hydrogen-bond donors (Lipinski definition) is 1. The van der Waals surface area contributed by atoms with Crippen molar-refractivity contribution < 1.29 is 4.79 Å². The van der Waals surface area contributed by atoms with Crippen LogP contribution in [-0.4, -0.2) is 26.4 Å². The zero-order valence-electron chi connectivity index (χ0n) is 17.6. The first-order valence-electron chi connectivity index (χ1n) is 10.7. The van der Waals surface area contributed by atoms with Crippen LogP contribution >= 0.6 is 11.8 Å². The van der Waals surface area contributed by atoms with Crippen molar-refractivity contribution in [3.05, 3.63) is 65.2 Å². The largest absolute Gasteiger partial charge is 0.349 e. The molecule has 1 heterocycles. The molecule has 1 N–H and O–H groups in total. The standard InChI is InChI=1S/C24H28N4OS/c1-3-14-28-23(19-11-6-8-17(2)15-19)26-27-24(28)30-16-22(29)25-21-13-7-10-18-9-4-5-12-20(18)21/h4-6,8-9,11-12,15,21H,3,7,10,13-14,16H2,1-2H3,(H,25,29)/t21-/m1/s1. The van der Waals surface area contributed by atoms with Crippen LogP contribution in [0.25, 0.3) is 11.4 Å². The zero-order valence-corrected chi connectivity index (χ0v) is 18.4. The molecule has 0 unspecified atom stereocenters. The minimum Gasteiger partial charge on any atom is -0.349 e. The van der Waals surface area contributed by atoms with Crippen molar-refractivity contribution in [1.29, 1.82) is 0 Å². The summed E-state index contributed by atoms with van der Waals surface area (Å²) in [5.41, 5.74) is 4.87. The Morgan fingerprint density at radius 1 is 1.20 bits per heavy atom. The van der Waals surface area contributed by atoms with Crippen molar-refractivity contribution in [3.63, 3.8) is 0 Å². The summed E-state index contributed by atoms with van der Waals surface area (Å²) in [7, 11) is 0. The number of benzene rings is 2. The number of aryl methyl sites for hydroxylation is 2. The average Bonchev–Trinajstić information content (AvgIpc) is 3.15. The van der Waals surface area contributed by atoms with Gasteiger partial charge in [0.25, 0.3) is 0 Å². The molecular formula is C24H28N4OS. The summed E-state index contributed by atoms with van der Waals surface area (Å²) in [6.07, 6.45) is 4.19. The lowest BCUT2D eigenvalue weighted by atomic mass is 9.88. The van der Waals surface area contributed by atoms with Crippen molar-refractivity contribution in [2.24, 2.45) is 0 Å². The first-order valence-corrected chi connectivity index (χ1v) is 11.6. The Morgan fingerprint density at radius 2 is 2.07 bits per heavy atom. The summed E-state index contributed by atoms with van der Waals surface area (Å²) in [5.74, 6) is 1.25. The van der Waals surface area contributed by atoms with Crippen LogP contribution in [0, 0.1) is 6.92 Å². The minimum atomic E-state index is 0.0462. The van der Waals surface area contributed by atoms with E-state index in [1.807, 2.05) is 6.07 Å². The van der Waals surface area contributed by atoms with Crippen molar-refractivity contribution in [2.75, 3.05) is 5.75 Å². The van der Waals surface area contributed by atoms with Crippen LogP contribution in [0.15, 0.2) is 53.7 Å². The predicted octanol–water partition coefficient (Wildman–Crippen LogP) is 4.95. The van der Waals surface area contributed by atoms with Gasteiger partial charge in [-0.1, -0.05) is 66.7 Å². The third kappa shape index (κ3) is 4.59. The molecule has 1 aliphatic carbocycles. The molecule has 2 aromatic carbocycles. The van der Waals surface area contributed by atoms with Crippen LogP contribution in [0.1, 0.15) is 48.9 Å². The number of fused-ring (bicyclic) bond motifs is 1. The number of carbonyl (C=O) groups is 1. The summed E-state index contributed by atoms with van der Waals surface area (Å²) < 4.78 is 2.13. The molecule has 30 heavy (non-hydrogen) atoms. The molecule has 0 saturated carbocycles. The first kappa shape index (κ1) is 20.7. The second-order valence-corrected chi connectivity index (χ2v) is 8.77. The Kier molecular flexibility index (Phi) is 6.53. The Hall–Kier alpha value is -2.60. The number of nitrogens with zero attached hydrogens (tertiary/aromatic N) is 3. The molecule has 0 spiro atoms. The monoisotopic (exact) mass is 420 g/mol. The van der Waals surface area contributed by atoms with E-state index in [1.165, 1.54) is 28.5 Å². The van der Waals surface area contributed by atoms with Gasteiger partial charge in [0, 0.05) is 12.1 Å². The fraction of sp³-hybridized carbons (Fsp3) is 0.375. The number of rotatable bonds is 7. The molecular weight excluding hydrogens is 392 g/mol. The van der Waals surface area contributed by atoms with E-state index < -0.39 is 0 Å². The molecule has 156 valence electrons. The van der Waals surface area contributed by atoms with E-state index in [2.05, 4.69) is 76.4 Å². The van der Waals surface area contributed by atoms with Gasteiger partial charge in [-0.05, 0) is 49.8 Å². The Labute approximate surface area is 182 Å². The number of amides is 1. The highest BCUT2D eigenvalue weighted by Crippen LogP contribution is 2.30. The quantitative estimate of drug-likeness (QED) is 0.550. The number of aromatic nitrogens is 3. The van der Waals surface area contributed by atoms with E-state index in [4.69, 9.17) is 0 Å². The van der Waals surface area contributed by atoms with Crippen molar-refractivity contribution in [2.45, 2.75) is 57.3 Å². The SMILES string of the molecule is CCCn1c(SCC(=O)N[C@@H]2CCCc3ccccc32)nnc1-c1cccc(C)c1. The summed E-state index contributed by atoms with van der Waals surface area (Å²) in [4.78, 5) is 12.7. The maximum absolute atomic E-state index is 12.7. The van der Waals surface area contributed by atoms with Crippen LogP contribution < -0.4 is 5.32 Å². The van der Waals surface area contributed by atoms with E-state index >= 15 is 0 Å². The van der Waals surface area contributed by atoms with E-state index in [0.29, 0.717) is 5.75 Å². The normalized spacial score (nSPS) is 15.6. The third-order valence-corrected chi connectivity index (χ3v) is 6.44. The van der Waals surface area contributed by atoms with Gasteiger partial charge >= 0.3 is 0 Å². The number of nitrogens with one attached hydrogen (secondary N) is 1. The molecule has 0 radical (unpaired) electrons. The zero-order chi connectivity index (χ0) is 20.9. The van der Waals surface area contributed by atoms with Gasteiger partial charge in [0.15, 0.2) is 11.0 Å². The van der Waals surface area contributed by atoms with E-state index in [9.17, 15) is 4.79 Å². The van der Waals surface area contributed by atoms with E-state index in [1.54, 1.807) is 0 Å². The molecule has 3 aromatic rings. The van der Waals surface area contributed by atoms with Gasteiger partial charge in [-0.3, -0.25) is 4.79 Å². The first-order chi connectivity index (χ1) is 14.7. The predicted molar refractivity (Wildman–Crippen MR) is 121 cm³/mol. The lowest BCUT2D eigenvalue weighted by molar-refractivity contribution is -0.119. The molecule has 1 aromatic heterocycles. The van der Waals surface area contributed by atoms with Crippen molar-refractivity contribution in [3.8, 4) is 11.4 Å². The van der Waals surface area contributed by atoms with Gasteiger partial charge in [0.2, 0.25) is 5.91 Å². The maximum Gasteiger partial charge on any atom is 0.230 e. The highest BCUT2D eigenvalue weighted by Gasteiger charge is 2.22.